The van der Waals surface area contributed by atoms with E-state index in [4.69, 9.17) is 15.5 Å². The van der Waals surface area contributed by atoms with Crippen molar-refractivity contribution in [2.75, 3.05) is 7.05 Å². The number of carbonyl (C=O) groups excluding carboxylic acids is 1. The summed E-state index contributed by atoms with van der Waals surface area (Å²) < 4.78 is 6.51. The van der Waals surface area contributed by atoms with Crippen molar-refractivity contribution in [3.63, 3.8) is 0 Å². The van der Waals surface area contributed by atoms with Crippen LogP contribution in [0.15, 0.2) is 47.5 Å². The number of guanidine groups is 1. The first-order chi connectivity index (χ1) is 13.5. The Morgan fingerprint density at radius 1 is 1.25 bits per heavy atom. The number of likely N-dealkylation sites (N-methyl/N-ethyl adjacent to an activating group) is 1. The van der Waals surface area contributed by atoms with Gasteiger partial charge in [0, 0.05) is 24.9 Å². The highest BCUT2D eigenvalue weighted by molar-refractivity contribution is 6.07. The summed E-state index contributed by atoms with van der Waals surface area (Å²) in [5.74, 6) is 1.23. The highest BCUT2D eigenvalue weighted by Crippen LogP contribution is 2.50. The van der Waals surface area contributed by atoms with Gasteiger partial charge in [-0.25, -0.2) is 4.99 Å². The van der Waals surface area contributed by atoms with E-state index < -0.39 is 5.54 Å². The lowest BCUT2D eigenvalue weighted by Gasteiger charge is -2.41. The molecule has 3 atom stereocenters. The molecule has 144 valence electrons. The number of carbonyl (C=O) groups is 1. The minimum atomic E-state index is -0.977. The first-order valence-electron chi connectivity index (χ1n) is 9.99. The van der Waals surface area contributed by atoms with Crippen LogP contribution in [0.5, 0.6) is 5.75 Å². The van der Waals surface area contributed by atoms with E-state index >= 15 is 0 Å². The number of hydrogen-bond donors (Lipinski definition) is 1. The van der Waals surface area contributed by atoms with Crippen molar-refractivity contribution in [3.8, 4) is 5.75 Å². The zero-order valence-electron chi connectivity index (χ0n) is 16.3. The fraction of sp³-hybridized carbons (Fsp3) is 0.391. The van der Waals surface area contributed by atoms with Crippen molar-refractivity contribution in [2.24, 2.45) is 10.7 Å². The summed E-state index contributed by atoms with van der Waals surface area (Å²) in [6.45, 7) is 2.02. The number of aryl methyl sites for hydroxylation is 2. The summed E-state index contributed by atoms with van der Waals surface area (Å²) in [5, 5.41) is 0. The molecule has 5 heteroatoms. The van der Waals surface area contributed by atoms with Crippen LogP contribution in [0, 0.1) is 6.92 Å². The van der Waals surface area contributed by atoms with Gasteiger partial charge in [0.1, 0.15) is 11.9 Å². The maximum Gasteiger partial charge on any atom is 0.261 e. The summed E-state index contributed by atoms with van der Waals surface area (Å²) in [5.41, 5.74) is 9.77. The summed E-state index contributed by atoms with van der Waals surface area (Å²) in [6.07, 6.45) is 3.71. The Balaban J connectivity index is 1.63. The zero-order valence-corrected chi connectivity index (χ0v) is 16.3. The maximum absolute atomic E-state index is 13.3. The first kappa shape index (κ1) is 17.3. The van der Waals surface area contributed by atoms with E-state index in [2.05, 4.69) is 24.3 Å². The molecule has 3 unspecified atom stereocenters. The van der Waals surface area contributed by atoms with Gasteiger partial charge in [0.05, 0.1) is 0 Å². The van der Waals surface area contributed by atoms with E-state index in [1.54, 1.807) is 7.05 Å². The second kappa shape index (κ2) is 6.09. The smallest absolute Gasteiger partial charge is 0.261 e. The lowest BCUT2D eigenvalue weighted by molar-refractivity contribution is -0.132. The van der Waals surface area contributed by atoms with Gasteiger partial charge in [-0.15, -0.1) is 0 Å². The lowest BCUT2D eigenvalue weighted by atomic mass is 9.73. The molecule has 0 saturated heterocycles. The van der Waals surface area contributed by atoms with Gasteiger partial charge in [-0.1, -0.05) is 35.9 Å². The molecule has 1 amide bonds. The van der Waals surface area contributed by atoms with Gasteiger partial charge < -0.3 is 10.5 Å². The molecule has 0 bridgehead atoms. The molecule has 3 aliphatic rings. The molecule has 1 spiro atoms. The maximum atomic E-state index is 13.3. The summed E-state index contributed by atoms with van der Waals surface area (Å²) >= 11 is 0. The number of rotatable bonds is 1. The van der Waals surface area contributed by atoms with E-state index in [-0.39, 0.29) is 23.9 Å². The van der Waals surface area contributed by atoms with Crippen molar-refractivity contribution < 1.29 is 9.53 Å². The van der Waals surface area contributed by atoms with E-state index in [1.807, 2.05) is 25.1 Å². The van der Waals surface area contributed by atoms with Crippen LogP contribution in [-0.2, 0) is 16.8 Å². The average Bonchev–Trinajstić information content (AvgIpc) is 2.92. The number of ether oxygens (including phenoxy) is 1. The Hall–Kier alpha value is -2.82. The van der Waals surface area contributed by atoms with Crippen LogP contribution in [0.2, 0.25) is 0 Å². The molecule has 5 nitrogen and oxygen atoms in total. The van der Waals surface area contributed by atoms with E-state index in [1.165, 1.54) is 16.0 Å². The van der Waals surface area contributed by atoms with Gasteiger partial charge in [0.25, 0.3) is 5.91 Å². The Bertz CT molecular complexity index is 999. The fourth-order valence-electron chi connectivity index (χ4n) is 5.09. The molecule has 0 fully saturated rings. The van der Waals surface area contributed by atoms with Crippen LogP contribution >= 0.6 is 0 Å². The Morgan fingerprint density at radius 2 is 2.07 bits per heavy atom. The third-order valence-electron chi connectivity index (χ3n) is 6.53. The summed E-state index contributed by atoms with van der Waals surface area (Å²) in [4.78, 5) is 19.5. The monoisotopic (exact) mass is 375 g/mol. The predicted octanol–water partition coefficient (Wildman–Crippen LogP) is 3.25. The number of nitrogens with zero attached hydrogens (tertiary/aromatic N) is 2. The number of nitrogens with two attached hydrogens (primary N) is 1. The molecular weight excluding hydrogens is 350 g/mol. The van der Waals surface area contributed by atoms with Crippen molar-refractivity contribution >= 4 is 11.9 Å². The molecule has 1 aliphatic carbocycles. The van der Waals surface area contributed by atoms with Crippen LogP contribution in [-0.4, -0.2) is 29.9 Å². The van der Waals surface area contributed by atoms with Crippen molar-refractivity contribution in [1.29, 1.82) is 0 Å². The highest BCUT2D eigenvalue weighted by atomic mass is 16.5. The number of fused-ring (bicyclic) bond motifs is 3. The Morgan fingerprint density at radius 3 is 2.86 bits per heavy atom. The predicted molar refractivity (Wildman–Crippen MR) is 108 cm³/mol. The number of amides is 1. The highest BCUT2D eigenvalue weighted by Gasteiger charge is 2.54. The van der Waals surface area contributed by atoms with Crippen LogP contribution < -0.4 is 10.5 Å². The molecule has 2 aromatic rings. The quantitative estimate of drug-likeness (QED) is 0.832. The lowest BCUT2D eigenvalue weighted by Crippen LogP contribution is -2.47. The fourth-order valence-corrected chi connectivity index (χ4v) is 5.09. The van der Waals surface area contributed by atoms with Gasteiger partial charge >= 0.3 is 0 Å². The van der Waals surface area contributed by atoms with E-state index in [0.29, 0.717) is 6.42 Å². The second-order valence-corrected chi connectivity index (χ2v) is 8.25. The van der Waals surface area contributed by atoms with Crippen LogP contribution in [0.25, 0.3) is 0 Å². The normalized spacial score (nSPS) is 28.6. The average molecular weight is 375 g/mol. The molecule has 0 saturated carbocycles. The van der Waals surface area contributed by atoms with Crippen molar-refractivity contribution in [2.45, 2.75) is 50.2 Å². The Kier molecular flexibility index (Phi) is 3.76. The number of benzene rings is 2. The minimum Gasteiger partial charge on any atom is -0.489 e. The molecule has 2 aliphatic heterocycles. The molecule has 5 rings (SSSR count). The summed E-state index contributed by atoms with van der Waals surface area (Å²) in [7, 11) is 1.70. The molecule has 28 heavy (non-hydrogen) atoms. The van der Waals surface area contributed by atoms with Gasteiger partial charge in [-0.05, 0) is 49.4 Å². The molecule has 2 heterocycles. The van der Waals surface area contributed by atoms with Gasteiger partial charge in [-0.2, -0.15) is 0 Å². The van der Waals surface area contributed by atoms with Gasteiger partial charge in [-0.3, -0.25) is 9.69 Å². The second-order valence-electron chi connectivity index (χ2n) is 8.25. The third kappa shape index (κ3) is 2.38. The van der Waals surface area contributed by atoms with Crippen LogP contribution in [0.4, 0.5) is 0 Å². The van der Waals surface area contributed by atoms with Gasteiger partial charge in [0.2, 0.25) is 0 Å². The van der Waals surface area contributed by atoms with Gasteiger partial charge in [0.15, 0.2) is 11.5 Å². The van der Waals surface area contributed by atoms with Crippen molar-refractivity contribution in [3.05, 3.63) is 64.7 Å². The van der Waals surface area contributed by atoms with E-state index in [9.17, 15) is 4.79 Å². The number of hydrogen-bond acceptors (Lipinski definition) is 4. The third-order valence-corrected chi connectivity index (χ3v) is 6.53. The minimum absolute atomic E-state index is 0.0609. The largest absolute Gasteiger partial charge is 0.489 e. The standard InChI is InChI=1S/C23H25N3O2/c1-14-10-11-19-18(12-14)23(21(27)26(2)22(24)25-23)13-20(28-19)17-9-5-7-15-6-3-4-8-16(15)17/h3-4,6,8,10-12,17,20H,5,7,9,13H2,1-2H3,(H2,24,25). The molecular formula is C23H25N3O2. The van der Waals surface area contributed by atoms with Crippen LogP contribution in [0.1, 0.15) is 47.4 Å². The molecule has 0 aromatic heterocycles. The Labute approximate surface area is 165 Å². The summed E-state index contributed by atoms with van der Waals surface area (Å²) in [6, 6.07) is 14.6. The molecule has 2 aromatic carbocycles. The molecule has 0 radical (unpaired) electrons. The SMILES string of the molecule is Cc1ccc2c(c1)C1(CC(C3CCCc4ccccc43)O2)N=C(N)N(C)C1=O. The topological polar surface area (TPSA) is 67.9 Å². The van der Waals surface area contributed by atoms with Crippen LogP contribution in [0.3, 0.4) is 0 Å². The van der Waals surface area contributed by atoms with Crippen molar-refractivity contribution in [1.82, 2.24) is 4.90 Å². The van der Waals surface area contributed by atoms with E-state index in [0.717, 1.165) is 36.1 Å². The first-order valence-corrected chi connectivity index (χ1v) is 9.99. The molecule has 2 N–H and O–H groups in total. The zero-order chi connectivity index (χ0) is 19.5. The number of aliphatic imine (C=N–C) groups is 1.